The highest BCUT2D eigenvalue weighted by Crippen LogP contribution is 2.30. The highest BCUT2D eigenvalue weighted by Gasteiger charge is 2.14. The number of rotatable bonds is 7. The van der Waals surface area contributed by atoms with Crippen molar-refractivity contribution in [3.8, 4) is 22.9 Å². The Bertz CT molecular complexity index is 1460. The van der Waals surface area contributed by atoms with Crippen LogP contribution in [0.2, 0.25) is 0 Å². The summed E-state index contributed by atoms with van der Waals surface area (Å²) < 4.78 is 13.0. The van der Waals surface area contributed by atoms with E-state index in [-0.39, 0.29) is 5.88 Å². The van der Waals surface area contributed by atoms with Gasteiger partial charge in [-0.3, -0.25) is 4.90 Å². The van der Waals surface area contributed by atoms with Gasteiger partial charge in [0.2, 0.25) is 0 Å². The highest BCUT2D eigenvalue weighted by molar-refractivity contribution is 5.91. The summed E-state index contributed by atoms with van der Waals surface area (Å²) in [7, 11) is 0. The third kappa shape index (κ3) is 4.36. The molecule has 1 fully saturated rings. The van der Waals surface area contributed by atoms with E-state index in [1.54, 1.807) is 16.9 Å². The quantitative estimate of drug-likeness (QED) is 0.331. The van der Waals surface area contributed by atoms with Gasteiger partial charge in [-0.2, -0.15) is 5.10 Å². The maximum absolute atomic E-state index is 9.88. The predicted molar refractivity (Wildman–Crippen MR) is 132 cm³/mol. The lowest BCUT2D eigenvalue weighted by Crippen LogP contribution is -2.38. The normalized spacial score (nSPS) is 14.5. The molecule has 6 rings (SSSR count). The Hall–Kier alpha value is -4.15. The first-order chi connectivity index (χ1) is 17.2. The first-order valence-corrected chi connectivity index (χ1v) is 11.5. The van der Waals surface area contributed by atoms with Crippen LogP contribution < -0.4 is 10.1 Å². The van der Waals surface area contributed by atoms with E-state index in [0.29, 0.717) is 18.1 Å². The number of ether oxygens (including phenoxy) is 2. The van der Waals surface area contributed by atoms with Crippen molar-refractivity contribution < 1.29 is 14.6 Å². The molecular formula is C25H25N7O3. The molecule has 2 aromatic carbocycles. The van der Waals surface area contributed by atoms with Crippen LogP contribution in [-0.4, -0.2) is 74.0 Å². The van der Waals surface area contributed by atoms with E-state index in [4.69, 9.17) is 9.47 Å². The van der Waals surface area contributed by atoms with Gasteiger partial charge in [0.25, 0.3) is 0 Å². The summed E-state index contributed by atoms with van der Waals surface area (Å²) in [4.78, 5) is 14.2. The summed E-state index contributed by atoms with van der Waals surface area (Å²) in [5, 5.41) is 19.3. The number of hydrogen-bond donors (Lipinski definition) is 3. The molecular weight excluding hydrogens is 446 g/mol. The minimum absolute atomic E-state index is 0.156. The Labute approximate surface area is 201 Å². The number of nitrogens with one attached hydrogen (secondary N) is 2. The van der Waals surface area contributed by atoms with E-state index >= 15 is 0 Å². The molecule has 1 aliphatic rings. The van der Waals surface area contributed by atoms with Gasteiger partial charge in [0.1, 0.15) is 18.7 Å². The molecule has 35 heavy (non-hydrogen) atoms. The van der Waals surface area contributed by atoms with Gasteiger partial charge in [0, 0.05) is 47.9 Å². The number of anilines is 2. The van der Waals surface area contributed by atoms with Gasteiger partial charge < -0.3 is 24.9 Å². The van der Waals surface area contributed by atoms with Crippen LogP contribution in [-0.2, 0) is 4.74 Å². The van der Waals surface area contributed by atoms with Crippen LogP contribution in [0.25, 0.3) is 27.7 Å². The number of hydrogen-bond acceptors (Lipinski definition) is 8. The minimum atomic E-state index is 0.156. The second-order valence-corrected chi connectivity index (χ2v) is 8.38. The molecule has 4 heterocycles. The zero-order valence-corrected chi connectivity index (χ0v) is 19.0. The van der Waals surface area contributed by atoms with Gasteiger partial charge in [0.15, 0.2) is 17.3 Å². The van der Waals surface area contributed by atoms with Crippen molar-refractivity contribution in [3.05, 3.63) is 61.2 Å². The standard InChI is InChI=1S/C25H25N7O3/c33-25-21-6-1-17(13-18(21)14-27-25)22-15-26-23(24-28-16-29-32(22)24)30-19-2-4-20(5-3-19)35-12-9-31-7-10-34-11-8-31/h1-6,13-16,27,33H,7-12H2,(H,26,30). The van der Waals surface area contributed by atoms with Gasteiger partial charge >= 0.3 is 0 Å². The number of aromatic hydroxyl groups is 1. The molecule has 5 aromatic rings. The zero-order valence-electron chi connectivity index (χ0n) is 19.0. The first-order valence-electron chi connectivity index (χ1n) is 11.5. The van der Waals surface area contributed by atoms with Crippen LogP contribution in [0.15, 0.2) is 61.2 Å². The Kier molecular flexibility index (Phi) is 5.65. The average Bonchev–Trinajstić information content (AvgIpc) is 3.53. The molecule has 1 saturated heterocycles. The van der Waals surface area contributed by atoms with E-state index in [1.807, 2.05) is 42.5 Å². The lowest BCUT2D eigenvalue weighted by atomic mass is 10.1. The molecule has 3 N–H and O–H groups in total. The summed E-state index contributed by atoms with van der Waals surface area (Å²) in [5.74, 6) is 1.59. The Morgan fingerprint density at radius 2 is 1.94 bits per heavy atom. The van der Waals surface area contributed by atoms with Crippen LogP contribution in [0, 0.1) is 0 Å². The number of benzene rings is 2. The van der Waals surface area contributed by atoms with E-state index in [2.05, 4.69) is 30.3 Å². The van der Waals surface area contributed by atoms with Crippen molar-refractivity contribution in [1.29, 1.82) is 0 Å². The van der Waals surface area contributed by atoms with Gasteiger partial charge in [-0.15, -0.1) is 0 Å². The van der Waals surface area contributed by atoms with E-state index in [9.17, 15) is 5.11 Å². The van der Waals surface area contributed by atoms with Gasteiger partial charge in [-0.1, -0.05) is 6.07 Å². The van der Waals surface area contributed by atoms with Crippen LogP contribution in [0.1, 0.15) is 0 Å². The molecule has 1 aliphatic heterocycles. The van der Waals surface area contributed by atoms with E-state index in [1.165, 1.54) is 6.33 Å². The number of aromatic amines is 1. The third-order valence-electron chi connectivity index (χ3n) is 6.17. The molecule has 0 bridgehead atoms. The van der Waals surface area contributed by atoms with Crippen molar-refractivity contribution in [2.75, 3.05) is 44.8 Å². The molecule has 10 heteroatoms. The van der Waals surface area contributed by atoms with Crippen molar-refractivity contribution in [1.82, 2.24) is 29.5 Å². The second-order valence-electron chi connectivity index (χ2n) is 8.38. The van der Waals surface area contributed by atoms with Gasteiger partial charge in [0.05, 0.1) is 25.1 Å². The lowest BCUT2D eigenvalue weighted by molar-refractivity contribution is 0.0322. The number of fused-ring (bicyclic) bond motifs is 2. The molecule has 0 aliphatic carbocycles. The Morgan fingerprint density at radius 1 is 1.09 bits per heavy atom. The molecule has 178 valence electrons. The third-order valence-corrected chi connectivity index (χ3v) is 6.17. The second kappa shape index (κ2) is 9.24. The monoisotopic (exact) mass is 471 g/mol. The molecule has 0 unspecified atom stereocenters. The van der Waals surface area contributed by atoms with Gasteiger partial charge in [-0.25, -0.2) is 14.5 Å². The first kappa shape index (κ1) is 21.4. The molecule has 0 spiro atoms. The fourth-order valence-electron chi connectivity index (χ4n) is 4.27. The summed E-state index contributed by atoms with van der Waals surface area (Å²) >= 11 is 0. The van der Waals surface area contributed by atoms with Crippen LogP contribution in [0.3, 0.4) is 0 Å². The largest absolute Gasteiger partial charge is 0.494 e. The molecule has 0 radical (unpaired) electrons. The van der Waals surface area contributed by atoms with Crippen LogP contribution in [0.5, 0.6) is 11.6 Å². The summed E-state index contributed by atoms with van der Waals surface area (Å²) in [6.45, 7) is 5.04. The molecule has 0 saturated carbocycles. The molecule has 10 nitrogen and oxygen atoms in total. The average molecular weight is 472 g/mol. The molecule has 3 aromatic heterocycles. The van der Waals surface area contributed by atoms with Crippen LogP contribution in [0.4, 0.5) is 11.5 Å². The SMILES string of the molecule is Oc1[nH]cc2cc(-c3cnc(Nc4ccc(OCCN5CCOCC5)cc4)c4ncnn34)ccc12. The number of nitrogens with zero attached hydrogens (tertiary/aromatic N) is 5. The maximum Gasteiger partial charge on any atom is 0.199 e. The summed E-state index contributed by atoms with van der Waals surface area (Å²) in [6, 6.07) is 13.6. The smallest absolute Gasteiger partial charge is 0.199 e. The van der Waals surface area contributed by atoms with Crippen molar-refractivity contribution in [2.45, 2.75) is 0 Å². The zero-order chi connectivity index (χ0) is 23.6. The summed E-state index contributed by atoms with van der Waals surface area (Å²) in [5.41, 5.74) is 3.21. The molecule has 0 amide bonds. The fraction of sp³-hybridized carbons (Fsp3) is 0.240. The minimum Gasteiger partial charge on any atom is -0.494 e. The number of H-pyrrole nitrogens is 1. The van der Waals surface area contributed by atoms with Crippen molar-refractivity contribution in [3.63, 3.8) is 0 Å². The lowest BCUT2D eigenvalue weighted by Gasteiger charge is -2.26. The predicted octanol–water partition coefficient (Wildman–Crippen LogP) is 3.43. The Balaban J connectivity index is 1.17. The Morgan fingerprint density at radius 3 is 2.80 bits per heavy atom. The van der Waals surface area contributed by atoms with Gasteiger partial charge in [-0.05, 0) is 36.4 Å². The van der Waals surface area contributed by atoms with E-state index < -0.39 is 0 Å². The highest BCUT2D eigenvalue weighted by atomic mass is 16.5. The number of morpholine rings is 1. The topological polar surface area (TPSA) is 113 Å². The maximum atomic E-state index is 9.88. The van der Waals surface area contributed by atoms with Crippen molar-refractivity contribution >= 4 is 27.9 Å². The number of aromatic nitrogens is 5. The van der Waals surface area contributed by atoms with E-state index in [0.717, 1.165) is 66.3 Å². The van der Waals surface area contributed by atoms with Crippen molar-refractivity contribution in [2.24, 2.45) is 0 Å². The fourth-order valence-corrected chi connectivity index (χ4v) is 4.27. The molecule has 0 atom stereocenters. The summed E-state index contributed by atoms with van der Waals surface area (Å²) in [6.07, 6.45) is 5.05. The van der Waals surface area contributed by atoms with Crippen LogP contribution >= 0.6 is 0 Å².